The Labute approximate surface area is 218 Å². The van der Waals surface area contributed by atoms with E-state index in [4.69, 9.17) is 4.74 Å². The summed E-state index contributed by atoms with van der Waals surface area (Å²) in [5, 5.41) is 10.3. The van der Waals surface area contributed by atoms with Crippen LogP contribution in [0, 0.1) is 23.4 Å². The van der Waals surface area contributed by atoms with Crippen LogP contribution in [0.25, 0.3) is 11.1 Å². The predicted molar refractivity (Wildman–Crippen MR) is 142 cm³/mol. The summed E-state index contributed by atoms with van der Waals surface area (Å²) in [7, 11) is 0. The Hall–Kier alpha value is -2.79. The van der Waals surface area contributed by atoms with Crippen molar-refractivity contribution in [2.24, 2.45) is 5.92 Å². The SMILES string of the molecule is CCCC(O)C1CCC(c2ccc(CCc3ccc(-c4ccc(OCC)c(F)c4)cc3)c(F)c2F)CC1. The van der Waals surface area contributed by atoms with E-state index in [-0.39, 0.29) is 23.7 Å². The molecule has 1 aliphatic rings. The van der Waals surface area contributed by atoms with Crippen LogP contribution in [0.15, 0.2) is 54.6 Å². The molecule has 1 saturated carbocycles. The average Bonchev–Trinajstić information content (AvgIpc) is 2.91. The Kier molecular flexibility index (Phi) is 9.31. The molecule has 0 aliphatic heterocycles. The minimum Gasteiger partial charge on any atom is -0.491 e. The highest BCUT2D eigenvalue weighted by atomic mass is 19.2. The van der Waals surface area contributed by atoms with Gasteiger partial charge in [-0.1, -0.05) is 55.8 Å². The maximum absolute atomic E-state index is 15.0. The smallest absolute Gasteiger partial charge is 0.165 e. The lowest BCUT2D eigenvalue weighted by Crippen LogP contribution is -2.25. The molecule has 0 radical (unpaired) electrons. The number of ether oxygens (including phenoxy) is 1. The second kappa shape index (κ2) is 12.6. The summed E-state index contributed by atoms with van der Waals surface area (Å²) in [5.41, 5.74) is 3.49. The van der Waals surface area contributed by atoms with Gasteiger partial charge in [-0.3, -0.25) is 0 Å². The van der Waals surface area contributed by atoms with Gasteiger partial charge in [-0.2, -0.15) is 0 Å². The van der Waals surface area contributed by atoms with Crippen molar-refractivity contribution in [2.45, 2.75) is 77.2 Å². The third-order valence-electron chi connectivity index (χ3n) is 7.73. The van der Waals surface area contributed by atoms with E-state index in [1.165, 1.54) is 6.07 Å². The molecule has 1 aliphatic carbocycles. The van der Waals surface area contributed by atoms with E-state index in [9.17, 15) is 13.9 Å². The first-order valence-electron chi connectivity index (χ1n) is 13.6. The van der Waals surface area contributed by atoms with Crippen LogP contribution in [-0.2, 0) is 12.8 Å². The van der Waals surface area contributed by atoms with Gasteiger partial charge >= 0.3 is 0 Å². The molecule has 2 nitrogen and oxygen atoms in total. The first-order valence-corrected chi connectivity index (χ1v) is 13.6. The van der Waals surface area contributed by atoms with Gasteiger partial charge in [0, 0.05) is 0 Å². The third-order valence-corrected chi connectivity index (χ3v) is 7.73. The van der Waals surface area contributed by atoms with Crippen LogP contribution >= 0.6 is 0 Å². The number of rotatable bonds is 10. The van der Waals surface area contributed by atoms with Crippen molar-refractivity contribution in [1.82, 2.24) is 0 Å². The first-order chi connectivity index (χ1) is 17.9. The van der Waals surface area contributed by atoms with Crippen LogP contribution in [0.4, 0.5) is 13.2 Å². The number of hydrogen-bond acceptors (Lipinski definition) is 2. The minimum absolute atomic E-state index is 0.00797. The van der Waals surface area contributed by atoms with Crippen molar-refractivity contribution in [3.8, 4) is 16.9 Å². The van der Waals surface area contributed by atoms with Gasteiger partial charge in [0.2, 0.25) is 0 Å². The molecule has 3 aromatic carbocycles. The van der Waals surface area contributed by atoms with Crippen molar-refractivity contribution in [3.63, 3.8) is 0 Å². The molecule has 1 N–H and O–H groups in total. The topological polar surface area (TPSA) is 29.5 Å². The summed E-state index contributed by atoms with van der Waals surface area (Å²) in [6.45, 7) is 4.28. The fourth-order valence-corrected chi connectivity index (χ4v) is 5.56. The van der Waals surface area contributed by atoms with Gasteiger partial charge in [0.15, 0.2) is 23.2 Å². The zero-order chi connectivity index (χ0) is 26.4. The van der Waals surface area contributed by atoms with Gasteiger partial charge in [-0.05, 0) is 104 Å². The van der Waals surface area contributed by atoms with Crippen molar-refractivity contribution < 1.29 is 23.0 Å². The summed E-state index contributed by atoms with van der Waals surface area (Å²) < 4.78 is 49.5. The highest BCUT2D eigenvalue weighted by Crippen LogP contribution is 2.39. The molecule has 1 atom stereocenters. The van der Waals surface area contributed by atoms with E-state index < -0.39 is 17.5 Å². The second-order valence-corrected chi connectivity index (χ2v) is 10.2. The van der Waals surface area contributed by atoms with Crippen LogP contribution in [0.2, 0.25) is 0 Å². The molecule has 0 spiro atoms. The number of halogens is 3. The summed E-state index contributed by atoms with van der Waals surface area (Å²) in [4.78, 5) is 0. The summed E-state index contributed by atoms with van der Waals surface area (Å²) >= 11 is 0. The van der Waals surface area contributed by atoms with Crippen molar-refractivity contribution in [3.05, 3.63) is 88.7 Å². The molecule has 0 heterocycles. The van der Waals surface area contributed by atoms with E-state index in [1.807, 2.05) is 37.3 Å². The largest absolute Gasteiger partial charge is 0.491 e. The zero-order valence-electron chi connectivity index (χ0n) is 21.8. The quantitative estimate of drug-likeness (QED) is 0.297. The van der Waals surface area contributed by atoms with E-state index in [0.717, 1.165) is 55.2 Å². The molecule has 198 valence electrons. The lowest BCUT2D eigenvalue weighted by molar-refractivity contribution is 0.0727. The minimum atomic E-state index is -0.743. The molecule has 3 aromatic rings. The number of aliphatic hydroxyl groups excluding tert-OH is 1. The van der Waals surface area contributed by atoms with Crippen LogP contribution in [0.1, 0.15) is 75.0 Å². The highest BCUT2D eigenvalue weighted by molar-refractivity contribution is 5.64. The van der Waals surface area contributed by atoms with Crippen LogP contribution < -0.4 is 4.74 Å². The van der Waals surface area contributed by atoms with Crippen LogP contribution in [-0.4, -0.2) is 17.8 Å². The predicted octanol–water partition coefficient (Wildman–Crippen LogP) is 8.39. The summed E-state index contributed by atoms with van der Waals surface area (Å²) in [6.07, 6.45) is 5.72. The summed E-state index contributed by atoms with van der Waals surface area (Å²) in [6, 6.07) is 16.1. The number of aliphatic hydroxyl groups is 1. The molecule has 37 heavy (non-hydrogen) atoms. The van der Waals surface area contributed by atoms with E-state index in [0.29, 0.717) is 30.6 Å². The fourth-order valence-electron chi connectivity index (χ4n) is 5.56. The van der Waals surface area contributed by atoms with Crippen molar-refractivity contribution in [2.75, 3.05) is 6.61 Å². The van der Waals surface area contributed by atoms with Gasteiger partial charge in [0.05, 0.1) is 12.7 Å². The summed E-state index contributed by atoms with van der Waals surface area (Å²) in [5.74, 6) is -1.35. The molecule has 1 fully saturated rings. The van der Waals surface area contributed by atoms with Gasteiger partial charge < -0.3 is 9.84 Å². The Morgan fingerprint density at radius 1 is 0.838 bits per heavy atom. The van der Waals surface area contributed by atoms with Crippen LogP contribution in [0.5, 0.6) is 5.75 Å². The Morgan fingerprint density at radius 3 is 2.19 bits per heavy atom. The molecule has 0 aromatic heterocycles. The molecule has 1 unspecified atom stereocenters. The molecule has 5 heteroatoms. The van der Waals surface area contributed by atoms with Gasteiger partial charge in [0.1, 0.15) is 0 Å². The molecular weight excluding hydrogens is 473 g/mol. The zero-order valence-corrected chi connectivity index (χ0v) is 21.8. The van der Waals surface area contributed by atoms with E-state index in [1.54, 1.807) is 18.2 Å². The Morgan fingerprint density at radius 2 is 1.54 bits per heavy atom. The second-order valence-electron chi connectivity index (χ2n) is 10.2. The fraction of sp³-hybridized carbons (Fsp3) is 0.438. The maximum atomic E-state index is 15.0. The van der Waals surface area contributed by atoms with Gasteiger partial charge in [-0.15, -0.1) is 0 Å². The highest BCUT2D eigenvalue weighted by Gasteiger charge is 2.29. The maximum Gasteiger partial charge on any atom is 0.165 e. The van der Waals surface area contributed by atoms with Crippen LogP contribution in [0.3, 0.4) is 0 Å². The molecule has 0 saturated heterocycles. The molecule has 0 bridgehead atoms. The van der Waals surface area contributed by atoms with Crippen molar-refractivity contribution >= 4 is 0 Å². The van der Waals surface area contributed by atoms with E-state index >= 15 is 4.39 Å². The standard InChI is InChI=1S/C32H37F3O2/c1-3-5-29(36)24-14-12-23(13-15-24)27-18-16-25(31(34)32(27)35)11-8-21-6-9-22(10-7-21)26-17-19-30(37-4-2)28(33)20-26/h6-7,9-10,16-20,23-24,29,36H,3-5,8,11-15H2,1-2H3. The van der Waals surface area contributed by atoms with Crippen molar-refractivity contribution in [1.29, 1.82) is 0 Å². The molecule has 0 amide bonds. The van der Waals surface area contributed by atoms with Gasteiger partial charge in [0.25, 0.3) is 0 Å². The first kappa shape index (κ1) is 27.3. The Balaban J connectivity index is 1.36. The molecule has 4 rings (SSSR count). The average molecular weight is 511 g/mol. The lowest BCUT2D eigenvalue weighted by Gasteiger charge is -2.32. The van der Waals surface area contributed by atoms with E-state index in [2.05, 4.69) is 6.92 Å². The molecular formula is C32H37F3O2. The normalized spacial score (nSPS) is 18.5. The third kappa shape index (κ3) is 6.56. The number of hydrogen-bond donors (Lipinski definition) is 1. The monoisotopic (exact) mass is 510 g/mol. The number of benzene rings is 3. The number of aryl methyl sites for hydroxylation is 2. The Bertz CT molecular complexity index is 1170. The van der Waals surface area contributed by atoms with Gasteiger partial charge in [-0.25, -0.2) is 13.2 Å². The lowest BCUT2D eigenvalue weighted by atomic mass is 9.75.